The Balaban J connectivity index is 1.09. The standard InChI is InChI=1S/C27H24F2N4O4/c28-21-3-4-22-20(25(21)29)9-15(11-30-22)12-32-8-7-18(14-32)37-17-1-2-19-16(10-17)13-33(27(19)36)23-5-6-24(34)31-26(23)35/h1-4,9-11,18,23H,5-8,12-14H2,(H,31,34,35)/t18-,23?/m0/s1. The molecule has 2 atom stereocenters. The molecule has 3 aliphatic heterocycles. The van der Waals surface area contributed by atoms with Crippen LogP contribution in [0.2, 0.25) is 0 Å². The number of benzene rings is 2. The van der Waals surface area contributed by atoms with Crippen LogP contribution in [-0.2, 0) is 22.7 Å². The van der Waals surface area contributed by atoms with E-state index >= 15 is 0 Å². The van der Waals surface area contributed by atoms with Crippen molar-refractivity contribution in [3.05, 3.63) is 70.9 Å². The summed E-state index contributed by atoms with van der Waals surface area (Å²) in [6.07, 6.45) is 2.94. The van der Waals surface area contributed by atoms with Gasteiger partial charge in [0.1, 0.15) is 17.9 Å². The van der Waals surface area contributed by atoms with E-state index in [0.717, 1.165) is 30.2 Å². The highest BCUT2D eigenvalue weighted by Gasteiger charge is 2.39. The summed E-state index contributed by atoms with van der Waals surface area (Å²) in [6.45, 7) is 2.27. The minimum absolute atomic E-state index is 0.0658. The van der Waals surface area contributed by atoms with Crippen molar-refractivity contribution in [1.29, 1.82) is 0 Å². The summed E-state index contributed by atoms with van der Waals surface area (Å²) in [5, 5.41) is 2.48. The minimum atomic E-state index is -0.891. The highest BCUT2D eigenvalue weighted by molar-refractivity contribution is 6.05. The lowest BCUT2D eigenvalue weighted by atomic mass is 10.0. The molecule has 2 aromatic carbocycles. The minimum Gasteiger partial charge on any atom is -0.489 e. The van der Waals surface area contributed by atoms with Gasteiger partial charge >= 0.3 is 0 Å². The number of carbonyl (C=O) groups is 3. The Morgan fingerprint density at radius 1 is 1.08 bits per heavy atom. The number of imide groups is 1. The Hall–Kier alpha value is -3.92. The normalized spacial score (nSPS) is 22.0. The molecule has 4 heterocycles. The SMILES string of the molecule is O=C1CCC(N2Cc3cc(O[C@H]4CCN(Cc5cnc6ccc(F)c(F)c6c5)C4)ccc3C2=O)C(=O)N1. The number of fused-ring (bicyclic) bond motifs is 2. The van der Waals surface area contributed by atoms with Gasteiger partial charge in [-0.15, -0.1) is 0 Å². The number of hydrogen-bond donors (Lipinski definition) is 1. The molecule has 8 nitrogen and oxygen atoms in total. The number of nitrogens with zero attached hydrogens (tertiary/aromatic N) is 3. The summed E-state index contributed by atoms with van der Waals surface area (Å²) in [7, 11) is 0. The molecule has 37 heavy (non-hydrogen) atoms. The summed E-state index contributed by atoms with van der Waals surface area (Å²) in [5.74, 6) is -2.10. The van der Waals surface area contributed by atoms with Crippen LogP contribution in [0.3, 0.4) is 0 Å². The zero-order valence-electron chi connectivity index (χ0n) is 19.9. The fourth-order valence-corrected chi connectivity index (χ4v) is 5.38. The third-order valence-corrected chi connectivity index (χ3v) is 7.24. The van der Waals surface area contributed by atoms with E-state index in [4.69, 9.17) is 4.74 Å². The smallest absolute Gasteiger partial charge is 0.255 e. The van der Waals surface area contributed by atoms with Crippen molar-refractivity contribution in [2.75, 3.05) is 13.1 Å². The van der Waals surface area contributed by atoms with Crippen molar-refractivity contribution >= 4 is 28.6 Å². The van der Waals surface area contributed by atoms with Crippen LogP contribution in [0.1, 0.15) is 40.7 Å². The van der Waals surface area contributed by atoms with E-state index in [-0.39, 0.29) is 29.7 Å². The summed E-state index contributed by atoms with van der Waals surface area (Å²) in [6, 6.07) is 8.85. The lowest BCUT2D eigenvalue weighted by Crippen LogP contribution is -2.52. The van der Waals surface area contributed by atoms with E-state index in [0.29, 0.717) is 42.9 Å². The molecule has 3 amide bonds. The number of hydrogen-bond acceptors (Lipinski definition) is 6. The Kier molecular flexibility index (Phi) is 5.83. The molecule has 0 radical (unpaired) electrons. The summed E-state index contributed by atoms with van der Waals surface area (Å²) < 4.78 is 34.0. The molecule has 1 unspecified atom stereocenters. The summed E-state index contributed by atoms with van der Waals surface area (Å²) in [4.78, 5) is 44.5. The summed E-state index contributed by atoms with van der Waals surface area (Å²) >= 11 is 0. The number of pyridine rings is 1. The first kappa shape index (κ1) is 23.5. The zero-order chi connectivity index (χ0) is 25.7. The topological polar surface area (TPSA) is 91.8 Å². The Bertz CT molecular complexity index is 1450. The second-order valence-corrected chi connectivity index (χ2v) is 9.75. The average Bonchev–Trinajstić information content (AvgIpc) is 3.45. The van der Waals surface area contributed by atoms with E-state index in [2.05, 4.69) is 15.2 Å². The number of amides is 3. The lowest BCUT2D eigenvalue weighted by Gasteiger charge is -2.29. The van der Waals surface area contributed by atoms with Gasteiger partial charge in [-0.25, -0.2) is 8.78 Å². The number of halogens is 2. The lowest BCUT2D eigenvalue weighted by molar-refractivity contribution is -0.136. The van der Waals surface area contributed by atoms with Gasteiger partial charge in [-0.3, -0.25) is 29.6 Å². The number of rotatable bonds is 5. The molecule has 1 N–H and O–H groups in total. The molecule has 6 rings (SSSR count). The molecule has 3 aromatic rings. The Morgan fingerprint density at radius 2 is 1.95 bits per heavy atom. The van der Waals surface area contributed by atoms with E-state index in [1.165, 1.54) is 11.0 Å². The van der Waals surface area contributed by atoms with Crippen LogP contribution in [0.5, 0.6) is 5.75 Å². The van der Waals surface area contributed by atoms with Gasteiger partial charge < -0.3 is 9.64 Å². The Morgan fingerprint density at radius 3 is 2.78 bits per heavy atom. The van der Waals surface area contributed by atoms with Crippen LogP contribution in [-0.4, -0.2) is 57.7 Å². The number of piperidine rings is 1. The highest BCUT2D eigenvalue weighted by Crippen LogP contribution is 2.31. The van der Waals surface area contributed by atoms with E-state index in [1.807, 2.05) is 6.07 Å². The average molecular weight is 507 g/mol. The molecule has 2 saturated heterocycles. The molecule has 0 spiro atoms. The van der Waals surface area contributed by atoms with Crippen molar-refractivity contribution in [3.63, 3.8) is 0 Å². The molecule has 0 aliphatic carbocycles. The van der Waals surface area contributed by atoms with Crippen molar-refractivity contribution in [2.45, 2.75) is 44.5 Å². The maximum absolute atomic E-state index is 14.2. The van der Waals surface area contributed by atoms with Crippen LogP contribution < -0.4 is 10.1 Å². The van der Waals surface area contributed by atoms with Crippen molar-refractivity contribution < 1.29 is 27.9 Å². The van der Waals surface area contributed by atoms with Gasteiger partial charge in [0, 0.05) is 49.7 Å². The molecule has 190 valence electrons. The van der Waals surface area contributed by atoms with Crippen LogP contribution in [0.25, 0.3) is 10.9 Å². The Labute approximate surface area is 211 Å². The third-order valence-electron chi connectivity index (χ3n) is 7.24. The fourth-order valence-electron chi connectivity index (χ4n) is 5.38. The van der Waals surface area contributed by atoms with E-state index in [9.17, 15) is 23.2 Å². The van der Waals surface area contributed by atoms with Gasteiger partial charge in [0.15, 0.2) is 11.6 Å². The molecular formula is C27H24F2N4O4. The molecule has 0 bridgehead atoms. The van der Waals surface area contributed by atoms with Gasteiger partial charge in [-0.1, -0.05) is 0 Å². The second-order valence-electron chi connectivity index (χ2n) is 9.75. The number of nitrogens with one attached hydrogen (secondary N) is 1. The van der Waals surface area contributed by atoms with Gasteiger partial charge in [0.05, 0.1) is 5.52 Å². The molecule has 1 aromatic heterocycles. The first-order valence-corrected chi connectivity index (χ1v) is 12.2. The maximum atomic E-state index is 14.2. The van der Waals surface area contributed by atoms with E-state index < -0.39 is 23.6 Å². The first-order chi connectivity index (χ1) is 17.9. The van der Waals surface area contributed by atoms with Gasteiger partial charge in [0.2, 0.25) is 11.8 Å². The molecule has 3 aliphatic rings. The number of carbonyl (C=O) groups excluding carboxylic acids is 3. The van der Waals surface area contributed by atoms with Crippen LogP contribution in [0.15, 0.2) is 42.6 Å². The largest absolute Gasteiger partial charge is 0.489 e. The molecular weight excluding hydrogens is 482 g/mol. The van der Waals surface area contributed by atoms with Gasteiger partial charge in [-0.2, -0.15) is 0 Å². The van der Waals surface area contributed by atoms with Gasteiger partial charge in [0.25, 0.3) is 5.91 Å². The molecule has 0 saturated carbocycles. The third kappa shape index (κ3) is 4.42. The zero-order valence-corrected chi connectivity index (χ0v) is 19.9. The highest BCUT2D eigenvalue weighted by atomic mass is 19.2. The van der Waals surface area contributed by atoms with Gasteiger partial charge in [-0.05, 0) is 60.4 Å². The van der Waals surface area contributed by atoms with Crippen molar-refractivity contribution in [2.24, 2.45) is 0 Å². The monoisotopic (exact) mass is 506 g/mol. The second kappa shape index (κ2) is 9.19. The number of likely N-dealkylation sites (tertiary alicyclic amines) is 1. The van der Waals surface area contributed by atoms with Crippen molar-refractivity contribution in [1.82, 2.24) is 20.1 Å². The van der Waals surface area contributed by atoms with Crippen LogP contribution >= 0.6 is 0 Å². The fraction of sp³-hybridized carbons (Fsp3) is 0.333. The predicted molar refractivity (Wildman–Crippen MR) is 128 cm³/mol. The number of aromatic nitrogens is 1. The molecule has 2 fully saturated rings. The molecule has 10 heteroatoms. The van der Waals surface area contributed by atoms with Crippen molar-refractivity contribution in [3.8, 4) is 5.75 Å². The predicted octanol–water partition coefficient (Wildman–Crippen LogP) is 2.93. The maximum Gasteiger partial charge on any atom is 0.255 e. The van der Waals surface area contributed by atoms with E-state index in [1.54, 1.807) is 24.4 Å². The summed E-state index contributed by atoms with van der Waals surface area (Å²) in [5.41, 5.74) is 2.54. The number of ether oxygens (including phenoxy) is 1. The van der Waals surface area contributed by atoms with Crippen LogP contribution in [0, 0.1) is 11.6 Å². The first-order valence-electron chi connectivity index (χ1n) is 12.2. The van der Waals surface area contributed by atoms with Crippen LogP contribution in [0.4, 0.5) is 8.78 Å². The quantitative estimate of drug-likeness (QED) is 0.535.